The quantitative estimate of drug-likeness (QED) is 0.811. The summed E-state index contributed by atoms with van der Waals surface area (Å²) in [5, 5.41) is 9.02. The normalized spacial score (nSPS) is 14.9. The van der Waals surface area contributed by atoms with Crippen LogP contribution in [0.5, 0.6) is 0 Å². The Morgan fingerprint density at radius 3 is 2.60 bits per heavy atom. The number of nitrogens with zero attached hydrogens (tertiary/aromatic N) is 1. The van der Waals surface area contributed by atoms with E-state index in [-0.39, 0.29) is 12.5 Å². The van der Waals surface area contributed by atoms with Crippen LogP contribution in [0, 0.1) is 13.8 Å². The van der Waals surface area contributed by atoms with Gasteiger partial charge in [0.05, 0.1) is 0 Å². The van der Waals surface area contributed by atoms with Crippen LogP contribution < -0.4 is 5.73 Å². The second-order valence-electron chi connectivity index (χ2n) is 5.68. The first kappa shape index (κ1) is 14.9. The van der Waals surface area contributed by atoms with Crippen molar-refractivity contribution >= 4 is 11.6 Å². The van der Waals surface area contributed by atoms with Crippen molar-refractivity contribution in [2.45, 2.75) is 45.6 Å². The maximum atomic E-state index is 12.8. The number of aliphatic hydroxyl groups excluding tert-OH is 1. The van der Waals surface area contributed by atoms with E-state index in [0.29, 0.717) is 30.3 Å². The van der Waals surface area contributed by atoms with Gasteiger partial charge in [-0.3, -0.25) is 4.79 Å². The van der Waals surface area contributed by atoms with Crippen LogP contribution in [0.15, 0.2) is 12.1 Å². The van der Waals surface area contributed by atoms with Gasteiger partial charge in [-0.15, -0.1) is 0 Å². The largest absolute Gasteiger partial charge is 0.398 e. The van der Waals surface area contributed by atoms with Crippen LogP contribution in [-0.2, 0) is 0 Å². The number of aryl methyl sites for hydroxylation is 2. The fraction of sp³-hybridized carbons (Fsp3) is 0.562. The van der Waals surface area contributed by atoms with Gasteiger partial charge in [0.25, 0.3) is 5.91 Å². The zero-order valence-electron chi connectivity index (χ0n) is 12.4. The molecule has 1 aliphatic carbocycles. The molecule has 1 aromatic carbocycles. The third-order valence-corrected chi connectivity index (χ3v) is 4.18. The van der Waals surface area contributed by atoms with Gasteiger partial charge in [-0.1, -0.05) is 6.07 Å². The molecule has 0 heterocycles. The van der Waals surface area contributed by atoms with Crippen LogP contribution in [0.2, 0.25) is 0 Å². The lowest BCUT2D eigenvalue weighted by Crippen LogP contribution is -2.45. The molecule has 1 aromatic rings. The number of anilines is 1. The van der Waals surface area contributed by atoms with Gasteiger partial charge in [-0.05, 0) is 56.7 Å². The number of carbonyl (C=O) groups excluding carboxylic acids is 1. The molecule has 0 aromatic heterocycles. The third-order valence-electron chi connectivity index (χ3n) is 4.18. The Hall–Kier alpha value is -1.55. The van der Waals surface area contributed by atoms with Gasteiger partial charge >= 0.3 is 0 Å². The van der Waals surface area contributed by atoms with Crippen LogP contribution in [0.4, 0.5) is 5.69 Å². The molecule has 20 heavy (non-hydrogen) atoms. The number of rotatable bonds is 5. The Balaban J connectivity index is 2.24. The molecular formula is C16H24N2O2. The number of aliphatic hydroxyl groups is 1. The number of benzene rings is 1. The second kappa shape index (κ2) is 6.27. The predicted molar refractivity (Wildman–Crippen MR) is 80.7 cm³/mol. The van der Waals surface area contributed by atoms with Gasteiger partial charge in [0.1, 0.15) is 0 Å². The highest BCUT2D eigenvalue weighted by Crippen LogP contribution is 2.28. The summed E-state index contributed by atoms with van der Waals surface area (Å²) < 4.78 is 0. The summed E-state index contributed by atoms with van der Waals surface area (Å²) in [5.74, 6) is 0.0485. The summed E-state index contributed by atoms with van der Waals surface area (Å²) in [7, 11) is 0. The van der Waals surface area contributed by atoms with Crippen LogP contribution in [-0.4, -0.2) is 35.1 Å². The molecule has 1 aliphatic rings. The number of hydrogen-bond donors (Lipinski definition) is 2. The van der Waals surface area contributed by atoms with Gasteiger partial charge < -0.3 is 15.7 Å². The Morgan fingerprint density at radius 1 is 1.35 bits per heavy atom. The summed E-state index contributed by atoms with van der Waals surface area (Å²) in [6.07, 6.45) is 3.94. The van der Waals surface area contributed by atoms with Crippen molar-refractivity contribution in [3.05, 3.63) is 28.8 Å². The summed E-state index contributed by atoms with van der Waals surface area (Å²) in [6.45, 7) is 4.63. The third kappa shape index (κ3) is 2.96. The zero-order valence-corrected chi connectivity index (χ0v) is 12.4. The minimum Gasteiger partial charge on any atom is -0.398 e. The van der Waals surface area contributed by atoms with E-state index in [4.69, 9.17) is 10.8 Å². The molecule has 1 fully saturated rings. The highest BCUT2D eigenvalue weighted by atomic mass is 16.3. The molecular weight excluding hydrogens is 252 g/mol. The molecule has 1 amide bonds. The maximum absolute atomic E-state index is 12.8. The van der Waals surface area contributed by atoms with Crippen molar-refractivity contribution in [3.63, 3.8) is 0 Å². The number of amides is 1. The number of hydrogen-bond acceptors (Lipinski definition) is 3. The first-order valence-electron chi connectivity index (χ1n) is 7.33. The van der Waals surface area contributed by atoms with E-state index < -0.39 is 0 Å². The van der Waals surface area contributed by atoms with E-state index in [1.807, 2.05) is 24.8 Å². The summed E-state index contributed by atoms with van der Waals surface area (Å²) in [6, 6.07) is 4.08. The smallest absolute Gasteiger partial charge is 0.254 e. The lowest BCUT2D eigenvalue weighted by Gasteiger charge is -2.38. The molecule has 4 nitrogen and oxygen atoms in total. The lowest BCUT2D eigenvalue weighted by atomic mass is 9.90. The van der Waals surface area contributed by atoms with E-state index in [2.05, 4.69) is 0 Å². The molecule has 0 bridgehead atoms. The Kier molecular flexibility index (Phi) is 4.65. The first-order valence-corrected chi connectivity index (χ1v) is 7.33. The maximum Gasteiger partial charge on any atom is 0.254 e. The van der Waals surface area contributed by atoms with E-state index in [1.165, 1.54) is 6.42 Å². The average Bonchev–Trinajstić information content (AvgIpc) is 2.35. The molecule has 1 saturated carbocycles. The highest BCUT2D eigenvalue weighted by Gasteiger charge is 2.29. The number of nitrogen functional groups attached to an aromatic ring is 1. The van der Waals surface area contributed by atoms with Crippen LogP contribution in [0.3, 0.4) is 0 Å². The molecule has 0 radical (unpaired) electrons. The second-order valence-corrected chi connectivity index (χ2v) is 5.68. The van der Waals surface area contributed by atoms with Crippen molar-refractivity contribution in [2.24, 2.45) is 0 Å². The molecule has 0 aliphatic heterocycles. The minimum atomic E-state index is 0.0485. The van der Waals surface area contributed by atoms with Gasteiger partial charge in [0.2, 0.25) is 0 Å². The predicted octanol–water partition coefficient (Wildman–Crippen LogP) is 2.26. The number of carbonyl (C=O) groups is 1. The summed E-state index contributed by atoms with van der Waals surface area (Å²) >= 11 is 0. The average molecular weight is 276 g/mol. The van der Waals surface area contributed by atoms with Crippen molar-refractivity contribution in [1.29, 1.82) is 0 Å². The molecule has 3 N–H and O–H groups in total. The molecule has 110 valence electrons. The van der Waals surface area contributed by atoms with Crippen LogP contribution in [0.1, 0.15) is 47.2 Å². The first-order chi connectivity index (χ1) is 9.54. The van der Waals surface area contributed by atoms with Crippen LogP contribution in [0.25, 0.3) is 0 Å². The van der Waals surface area contributed by atoms with Crippen molar-refractivity contribution < 1.29 is 9.90 Å². The molecule has 0 unspecified atom stereocenters. The van der Waals surface area contributed by atoms with Crippen molar-refractivity contribution in [3.8, 4) is 0 Å². The van der Waals surface area contributed by atoms with Crippen LogP contribution >= 0.6 is 0 Å². The van der Waals surface area contributed by atoms with Gasteiger partial charge in [-0.2, -0.15) is 0 Å². The van der Waals surface area contributed by atoms with E-state index >= 15 is 0 Å². The monoisotopic (exact) mass is 276 g/mol. The highest BCUT2D eigenvalue weighted by molar-refractivity contribution is 5.97. The van der Waals surface area contributed by atoms with Crippen molar-refractivity contribution in [1.82, 2.24) is 4.90 Å². The molecule has 2 rings (SSSR count). The molecule has 4 heteroatoms. The lowest BCUT2D eigenvalue weighted by molar-refractivity contribution is 0.0562. The SMILES string of the molecule is Cc1cc(C)c(C(=O)N(CCCO)C2CCC2)cc1N. The Bertz CT molecular complexity index is 495. The fourth-order valence-electron chi connectivity index (χ4n) is 2.64. The molecule has 0 atom stereocenters. The standard InChI is InChI=1S/C16H24N2O2/c1-11-9-12(2)15(17)10-14(11)16(20)18(7-4-8-19)13-5-3-6-13/h9-10,13,19H,3-8,17H2,1-2H3. The molecule has 0 saturated heterocycles. The van der Waals surface area contributed by atoms with Crippen molar-refractivity contribution in [2.75, 3.05) is 18.9 Å². The topological polar surface area (TPSA) is 66.6 Å². The summed E-state index contributed by atoms with van der Waals surface area (Å²) in [4.78, 5) is 14.7. The Morgan fingerprint density at radius 2 is 2.05 bits per heavy atom. The van der Waals surface area contributed by atoms with Gasteiger partial charge in [0, 0.05) is 30.4 Å². The number of nitrogens with two attached hydrogens (primary N) is 1. The van der Waals surface area contributed by atoms with Gasteiger partial charge in [-0.25, -0.2) is 0 Å². The van der Waals surface area contributed by atoms with E-state index in [0.717, 1.165) is 24.0 Å². The van der Waals surface area contributed by atoms with E-state index in [9.17, 15) is 4.79 Å². The zero-order chi connectivity index (χ0) is 14.7. The summed E-state index contributed by atoms with van der Waals surface area (Å²) in [5.41, 5.74) is 9.27. The minimum absolute atomic E-state index is 0.0485. The fourth-order valence-corrected chi connectivity index (χ4v) is 2.64. The Labute approximate surface area is 120 Å². The molecule has 0 spiro atoms. The van der Waals surface area contributed by atoms with Gasteiger partial charge in [0.15, 0.2) is 0 Å². The van der Waals surface area contributed by atoms with E-state index in [1.54, 1.807) is 6.07 Å².